The molecule has 0 saturated carbocycles. The number of unbranched alkanes of at least 4 members (excludes halogenated alkanes) is 25. The summed E-state index contributed by atoms with van der Waals surface area (Å²) in [4.78, 5) is 38.0. The minimum Gasteiger partial charge on any atom is -0.462 e. The fraction of sp³-hybridized carbons (Fsp3) is 0.683. The predicted octanol–water partition coefficient (Wildman–Crippen LogP) is 18.1. The number of allylic oxidation sites excluding steroid dienone is 16. The Hall–Kier alpha value is -3.67. The highest BCUT2D eigenvalue weighted by molar-refractivity contribution is 5.71. The van der Waals surface area contributed by atoms with Crippen molar-refractivity contribution < 1.29 is 28.6 Å². The van der Waals surface area contributed by atoms with E-state index < -0.39 is 6.10 Å². The third kappa shape index (κ3) is 51.3. The second kappa shape index (κ2) is 53.9. The highest BCUT2D eigenvalue weighted by Crippen LogP contribution is 2.15. The summed E-state index contributed by atoms with van der Waals surface area (Å²) >= 11 is 0. The maximum atomic E-state index is 12.8. The van der Waals surface area contributed by atoms with Crippen molar-refractivity contribution in [3.63, 3.8) is 0 Å². The molecule has 376 valence electrons. The van der Waals surface area contributed by atoms with Gasteiger partial charge in [0, 0.05) is 19.3 Å². The van der Waals surface area contributed by atoms with E-state index in [1.807, 2.05) is 54.7 Å². The van der Waals surface area contributed by atoms with Gasteiger partial charge in [0.25, 0.3) is 0 Å². The van der Waals surface area contributed by atoms with Crippen LogP contribution < -0.4 is 0 Å². The number of rotatable bonds is 48. The molecule has 0 N–H and O–H groups in total. The summed E-state index contributed by atoms with van der Waals surface area (Å²) in [5.74, 6) is -1.05. The summed E-state index contributed by atoms with van der Waals surface area (Å²) in [6.07, 6.45) is 71.3. The van der Waals surface area contributed by atoms with E-state index in [4.69, 9.17) is 14.2 Å². The van der Waals surface area contributed by atoms with Gasteiger partial charge < -0.3 is 14.2 Å². The molecule has 0 aromatic heterocycles. The molecule has 0 amide bonds. The number of carbonyl (C=O) groups excluding carboxylic acids is 3. The molecule has 0 saturated heterocycles. The maximum Gasteiger partial charge on any atom is 0.306 e. The zero-order chi connectivity index (χ0) is 47.9. The van der Waals surface area contributed by atoms with Gasteiger partial charge in [0.1, 0.15) is 13.2 Å². The second-order valence-corrected chi connectivity index (χ2v) is 17.9. The average molecular weight is 917 g/mol. The summed E-state index contributed by atoms with van der Waals surface area (Å²) in [5.41, 5.74) is 0. The summed E-state index contributed by atoms with van der Waals surface area (Å²) in [6.45, 7) is 6.39. The molecule has 0 aliphatic heterocycles. The van der Waals surface area contributed by atoms with E-state index in [9.17, 15) is 14.4 Å². The number of ether oxygens (including phenoxy) is 3. The van der Waals surface area contributed by atoms with Crippen LogP contribution in [0.4, 0.5) is 0 Å². The van der Waals surface area contributed by atoms with Crippen molar-refractivity contribution in [3.05, 3.63) is 97.2 Å². The molecule has 0 aliphatic rings. The van der Waals surface area contributed by atoms with Gasteiger partial charge in [-0.15, -0.1) is 0 Å². The maximum absolute atomic E-state index is 12.8. The first kappa shape index (κ1) is 62.3. The Balaban J connectivity index is 4.51. The minimum atomic E-state index is -0.832. The number of esters is 3. The molecule has 0 heterocycles. The molecular formula is C60H100O6. The lowest BCUT2D eigenvalue weighted by Crippen LogP contribution is -2.30. The van der Waals surface area contributed by atoms with Crippen molar-refractivity contribution in [1.82, 2.24) is 0 Å². The smallest absolute Gasteiger partial charge is 0.306 e. The van der Waals surface area contributed by atoms with Crippen molar-refractivity contribution in [3.8, 4) is 0 Å². The minimum absolute atomic E-state index is 0.119. The Labute approximate surface area is 407 Å². The summed E-state index contributed by atoms with van der Waals surface area (Å²) in [5, 5.41) is 0. The van der Waals surface area contributed by atoms with E-state index in [-0.39, 0.29) is 44.0 Å². The van der Waals surface area contributed by atoms with Crippen LogP contribution in [0.25, 0.3) is 0 Å². The Morgan fingerprint density at radius 3 is 1.12 bits per heavy atom. The zero-order valence-corrected chi connectivity index (χ0v) is 42.9. The van der Waals surface area contributed by atoms with Crippen LogP contribution in [0.15, 0.2) is 97.2 Å². The molecule has 0 fully saturated rings. The first-order chi connectivity index (χ1) is 32.5. The van der Waals surface area contributed by atoms with Gasteiger partial charge in [-0.25, -0.2) is 0 Å². The van der Waals surface area contributed by atoms with Crippen LogP contribution in [0.2, 0.25) is 0 Å². The first-order valence-electron chi connectivity index (χ1n) is 27.3. The Kier molecular flexibility index (Phi) is 50.9. The van der Waals surface area contributed by atoms with Crippen molar-refractivity contribution in [2.75, 3.05) is 13.2 Å². The molecule has 66 heavy (non-hydrogen) atoms. The largest absolute Gasteiger partial charge is 0.462 e. The second-order valence-electron chi connectivity index (χ2n) is 17.9. The van der Waals surface area contributed by atoms with Crippen LogP contribution in [0, 0.1) is 0 Å². The van der Waals surface area contributed by atoms with E-state index in [2.05, 4.69) is 63.3 Å². The highest BCUT2D eigenvalue weighted by atomic mass is 16.6. The molecule has 0 spiro atoms. The molecule has 0 aliphatic carbocycles. The molecule has 0 bridgehead atoms. The van der Waals surface area contributed by atoms with Crippen molar-refractivity contribution >= 4 is 17.9 Å². The summed E-state index contributed by atoms with van der Waals surface area (Å²) < 4.78 is 16.7. The number of carbonyl (C=O) groups is 3. The highest BCUT2D eigenvalue weighted by Gasteiger charge is 2.19. The standard InChI is InChI=1S/C60H100O6/c1-4-7-10-13-16-19-22-25-27-29-31-32-35-38-41-44-47-50-53-59(62)65-56-57(55-64-58(61)52-49-46-43-40-37-34-24-21-18-15-12-9-6-3)66-60(63)54-51-48-45-42-39-36-33-30-28-26-23-20-17-14-11-8-5-2/h9,12,15,18,21,24,26,28,33-34,36-37,40,42-43,45,57H,4-8,10-11,13-14,16-17,19-20,22-23,25,27,29-32,35,38-39,41,44,46-56H2,1-3H3/b12-9-,18-15-,24-21-,28-26-,36-33-,37-34-,43-40-,45-42-. The van der Waals surface area contributed by atoms with Gasteiger partial charge in [-0.1, -0.05) is 259 Å². The molecule has 0 rings (SSSR count). The summed E-state index contributed by atoms with van der Waals surface area (Å²) in [7, 11) is 0. The summed E-state index contributed by atoms with van der Waals surface area (Å²) in [6, 6.07) is 0. The van der Waals surface area contributed by atoms with Crippen LogP contribution in [0.5, 0.6) is 0 Å². The van der Waals surface area contributed by atoms with Gasteiger partial charge in [-0.2, -0.15) is 0 Å². The van der Waals surface area contributed by atoms with E-state index in [1.165, 1.54) is 141 Å². The number of hydrogen-bond donors (Lipinski definition) is 0. The predicted molar refractivity (Wildman–Crippen MR) is 284 cm³/mol. The Bertz CT molecular complexity index is 1330. The van der Waals surface area contributed by atoms with Crippen LogP contribution in [-0.2, 0) is 28.6 Å². The van der Waals surface area contributed by atoms with Gasteiger partial charge >= 0.3 is 17.9 Å². The lowest BCUT2D eigenvalue weighted by molar-refractivity contribution is -0.167. The molecule has 6 nitrogen and oxygen atoms in total. The fourth-order valence-corrected chi connectivity index (χ4v) is 7.37. The van der Waals surface area contributed by atoms with E-state index >= 15 is 0 Å². The quantitative estimate of drug-likeness (QED) is 0.0199. The molecule has 0 aromatic carbocycles. The normalized spacial score (nSPS) is 12.8. The SMILES string of the molecule is CC\C=C/C=C\C=C/C=C\C=C/CCCC(=O)OCC(COC(=O)CCCCCCCCCCCCCCCCCCCC)OC(=O)CCC/C=C\C/C=C\C/C=C\CCCCCCCC. The molecule has 0 radical (unpaired) electrons. The van der Waals surface area contributed by atoms with Crippen molar-refractivity contribution in [2.24, 2.45) is 0 Å². The van der Waals surface area contributed by atoms with Gasteiger partial charge in [0.05, 0.1) is 0 Å². The van der Waals surface area contributed by atoms with Crippen molar-refractivity contribution in [2.45, 2.75) is 252 Å². The molecule has 1 atom stereocenters. The zero-order valence-electron chi connectivity index (χ0n) is 42.9. The van der Waals surface area contributed by atoms with Crippen molar-refractivity contribution in [1.29, 1.82) is 0 Å². The lowest BCUT2D eigenvalue weighted by Gasteiger charge is -2.18. The van der Waals surface area contributed by atoms with E-state index in [0.29, 0.717) is 19.3 Å². The lowest BCUT2D eigenvalue weighted by atomic mass is 10.0. The van der Waals surface area contributed by atoms with Crippen LogP contribution >= 0.6 is 0 Å². The first-order valence-corrected chi connectivity index (χ1v) is 27.3. The topological polar surface area (TPSA) is 78.9 Å². The van der Waals surface area contributed by atoms with Gasteiger partial charge in [0.15, 0.2) is 6.10 Å². The third-order valence-electron chi connectivity index (χ3n) is 11.5. The van der Waals surface area contributed by atoms with Gasteiger partial charge in [-0.3, -0.25) is 14.4 Å². The molecule has 6 heteroatoms. The van der Waals surface area contributed by atoms with Crippen LogP contribution in [0.3, 0.4) is 0 Å². The molecule has 1 unspecified atom stereocenters. The van der Waals surface area contributed by atoms with E-state index in [0.717, 1.165) is 51.4 Å². The Morgan fingerprint density at radius 1 is 0.333 bits per heavy atom. The van der Waals surface area contributed by atoms with E-state index in [1.54, 1.807) is 0 Å². The van der Waals surface area contributed by atoms with Gasteiger partial charge in [-0.05, 0) is 64.2 Å². The van der Waals surface area contributed by atoms with Gasteiger partial charge in [0.2, 0.25) is 0 Å². The fourth-order valence-electron chi connectivity index (χ4n) is 7.37. The monoisotopic (exact) mass is 917 g/mol. The number of hydrogen-bond acceptors (Lipinski definition) is 6. The van der Waals surface area contributed by atoms with Crippen LogP contribution in [-0.4, -0.2) is 37.2 Å². The third-order valence-corrected chi connectivity index (χ3v) is 11.5. The Morgan fingerprint density at radius 2 is 0.667 bits per heavy atom. The average Bonchev–Trinajstić information content (AvgIpc) is 3.31. The molecule has 0 aromatic rings. The molecular weight excluding hydrogens is 817 g/mol. The van der Waals surface area contributed by atoms with Crippen LogP contribution in [0.1, 0.15) is 245 Å².